The number of piperidine rings is 1. The van der Waals surface area contributed by atoms with Crippen molar-refractivity contribution in [2.24, 2.45) is 5.92 Å². The first-order chi connectivity index (χ1) is 12.5. The van der Waals surface area contributed by atoms with E-state index < -0.39 is 11.7 Å². The van der Waals surface area contributed by atoms with Crippen molar-refractivity contribution in [1.82, 2.24) is 4.98 Å². The van der Waals surface area contributed by atoms with Crippen LogP contribution in [0, 0.1) is 5.92 Å². The first-order valence-electron chi connectivity index (χ1n) is 8.74. The Bertz CT molecular complexity index is 895. The molecule has 0 bridgehead atoms. The molecule has 4 rings (SSSR count). The highest BCUT2D eigenvalue weighted by Gasteiger charge is 2.30. The van der Waals surface area contributed by atoms with Gasteiger partial charge in [-0.15, -0.1) is 11.3 Å². The average Bonchev–Trinajstić information content (AvgIpc) is 3.11. The number of rotatable bonds is 3. The molecule has 1 aliphatic rings. The molecule has 2 nitrogen and oxygen atoms in total. The molecule has 0 spiro atoms. The second kappa shape index (κ2) is 6.91. The zero-order chi connectivity index (χ0) is 18.1. The quantitative estimate of drug-likeness (QED) is 0.576. The number of anilines is 1. The number of thiazole rings is 1. The van der Waals surface area contributed by atoms with Crippen molar-refractivity contribution in [3.05, 3.63) is 59.1 Å². The molecule has 2 aromatic carbocycles. The zero-order valence-corrected chi connectivity index (χ0v) is 15.0. The molecule has 1 aliphatic heterocycles. The lowest BCUT2D eigenvalue weighted by Crippen LogP contribution is -2.34. The number of alkyl halides is 3. The number of nitrogens with zero attached hydrogens (tertiary/aromatic N) is 2. The van der Waals surface area contributed by atoms with Gasteiger partial charge in [-0.25, -0.2) is 4.98 Å². The molecule has 136 valence electrons. The van der Waals surface area contributed by atoms with Crippen LogP contribution >= 0.6 is 11.3 Å². The van der Waals surface area contributed by atoms with Crippen LogP contribution in [-0.4, -0.2) is 18.1 Å². The van der Waals surface area contributed by atoms with Gasteiger partial charge in [-0.1, -0.05) is 24.3 Å². The van der Waals surface area contributed by atoms with Crippen molar-refractivity contribution in [1.29, 1.82) is 0 Å². The number of hydrogen-bond donors (Lipinski definition) is 0. The van der Waals surface area contributed by atoms with Gasteiger partial charge in [0, 0.05) is 13.1 Å². The Morgan fingerprint density at radius 1 is 1.08 bits per heavy atom. The summed E-state index contributed by atoms with van der Waals surface area (Å²) in [5.74, 6) is 0.421. The van der Waals surface area contributed by atoms with E-state index in [9.17, 15) is 13.2 Å². The third-order valence-corrected chi connectivity index (χ3v) is 5.87. The summed E-state index contributed by atoms with van der Waals surface area (Å²) in [6.07, 6.45) is -1.60. The maximum atomic E-state index is 12.9. The van der Waals surface area contributed by atoms with E-state index in [2.05, 4.69) is 28.1 Å². The molecule has 0 unspecified atom stereocenters. The summed E-state index contributed by atoms with van der Waals surface area (Å²) < 4.78 is 39.8. The summed E-state index contributed by atoms with van der Waals surface area (Å²) in [7, 11) is 0. The maximum absolute atomic E-state index is 12.9. The van der Waals surface area contributed by atoms with Crippen LogP contribution in [-0.2, 0) is 12.6 Å². The van der Waals surface area contributed by atoms with Gasteiger partial charge in [-0.3, -0.25) is 0 Å². The second-order valence-electron chi connectivity index (χ2n) is 6.81. The minimum Gasteiger partial charge on any atom is -0.370 e. The largest absolute Gasteiger partial charge is 0.416 e. The Balaban J connectivity index is 1.42. The summed E-state index contributed by atoms with van der Waals surface area (Å²) in [5.41, 5.74) is 4.31. The van der Waals surface area contributed by atoms with Crippen LogP contribution in [0.15, 0.2) is 48.0 Å². The highest BCUT2D eigenvalue weighted by Crippen LogP contribution is 2.33. The summed E-state index contributed by atoms with van der Waals surface area (Å²) in [6.45, 7) is 1.83. The van der Waals surface area contributed by atoms with E-state index in [4.69, 9.17) is 0 Å². The van der Waals surface area contributed by atoms with Crippen molar-refractivity contribution in [2.45, 2.75) is 25.4 Å². The molecule has 0 atom stereocenters. The monoisotopic (exact) mass is 376 g/mol. The van der Waals surface area contributed by atoms with Crippen LogP contribution < -0.4 is 4.90 Å². The molecule has 1 aromatic heterocycles. The van der Waals surface area contributed by atoms with Gasteiger partial charge in [-0.05, 0) is 48.9 Å². The van der Waals surface area contributed by atoms with Gasteiger partial charge in [0.2, 0.25) is 0 Å². The van der Waals surface area contributed by atoms with E-state index in [0.29, 0.717) is 12.3 Å². The van der Waals surface area contributed by atoms with E-state index in [1.54, 1.807) is 17.4 Å². The third-order valence-electron chi connectivity index (χ3n) is 5.07. The van der Waals surface area contributed by atoms with E-state index in [0.717, 1.165) is 43.1 Å². The lowest BCUT2D eigenvalue weighted by molar-refractivity contribution is -0.137. The molecule has 1 saturated heterocycles. The third kappa shape index (κ3) is 3.56. The molecule has 0 N–H and O–H groups in total. The number of fused-ring (bicyclic) bond motifs is 1. The molecular weight excluding hydrogens is 357 g/mol. The molecule has 0 saturated carbocycles. The smallest absolute Gasteiger partial charge is 0.370 e. The van der Waals surface area contributed by atoms with Gasteiger partial charge in [0.25, 0.3) is 0 Å². The minimum absolute atomic E-state index is 0.421. The number of para-hydroxylation sites is 1. The average molecular weight is 376 g/mol. The van der Waals surface area contributed by atoms with Crippen molar-refractivity contribution in [3.8, 4) is 0 Å². The highest BCUT2D eigenvalue weighted by atomic mass is 32.1. The van der Waals surface area contributed by atoms with Gasteiger partial charge >= 0.3 is 6.18 Å². The highest BCUT2D eigenvalue weighted by molar-refractivity contribution is 7.16. The van der Waals surface area contributed by atoms with Crippen LogP contribution in [0.2, 0.25) is 0 Å². The van der Waals surface area contributed by atoms with Crippen LogP contribution in [0.5, 0.6) is 0 Å². The summed E-state index contributed by atoms with van der Waals surface area (Å²) in [4.78, 5) is 6.84. The van der Waals surface area contributed by atoms with Gasteiger partial charge in [0.15, 0.2) is 0 Å². The van der Waals surface area contributed by atoms with Gasteiger partial charge in [-0.2, -0.15) is 13.2 Å². The Kier molecular flexibility index (Phi) is 4.61. The molecule has 0 radical (unpaired) electrons. The van der Waals surface area contributed by atoms with Gasteiger partial charge < -0.3 is 4.90 Å². The van der Waals surface area contributed by atoms with E-state index in [-0.39, 0.29) is 0 Å². The summed E-state index contributed by atoms with van der Waals surface area (Å²) >= 11 is 1.64. The fraction of sp³-hybridized carbons (Fsp3) is 0.350. The fourth-order valence-electron chi connectivity index (χ4n) is 3.71. The first-order valence-corrected chi connectivity index (χ1v) is 9.62. The zero-order valence-electron chi connectivity index (χ0n) is 14.2. The predicted octanol–water partition coefficient (Wildman–Crippen LogP) is 5.77. The number of halogens is 3. The van der Waals surface area contributed by atoms with Crippen LogP contribution in [0.25, 0.3) is 10.2 Å². The molecule has 3 aromatic rings. The maximum Gasteiger partial charge on any atom is 0.416 e. The lowest BCUT2D eigenvalue weighted by atomic mass is 9.89. The summed E-state index contributed by atoms with van der Waals surface area (Å²) in [6, 6.07) is 12.0. The van der Waals surface area contributed by atoms with E-state index in [1.807, 2.05) is 5.51 Å². The number of aromatic nitrogens is 1. The molecule has 0 amide bonds. The topological polar surface area (TPSA) is 16.1 Å². The Morgan fingerprint density at radius 2 is 1.85 bits per heavy atom. The normalized spacial score (nSPS) is 16.3. The van der Waals surface area contributed by atoms with E-state index >= 15 is 0 Å². The molecular formula is C20H19F3N2S. The van der Waals surface area contributed by atoms with Crippen molar-refractivity contribution in [3.63, 3.8) is 0 Å². The molecule has 0 aliphatic carbocycles. The van der Waals surface area contributed by atoms with Crippen LogP contribution in [0.3, 0.4) is 0 Å². The first kappa shape index (κ1) is 17.3. The number of benzene rings is 2. The van der Waals surface area contributed by atoms with Crippen molar-refractivity contribution in [2.75, 3.05) is 18.0 Å². The SMILES string of the molecule is FC(F)(F)c1cccc(CC2CCN(c3cccc4scnc34)CC2)c1. The fourth-order valence-corrected chi connectivity index (χ4v) is 4.41. The summed E-state index contributed by atoms with van der Waals surface area (Å²) in [5, 5.41) is 0. The van der Waals surface area contributed by atoms with Gasteiger partial charge in [0.1, 0.15) is 5.52 Å². The van der Waals surface area contributed by atoms with Crippen LogP contribution in [0.1, 0.15) is 24.0 Å². The lowest BCUT2D eigenvalue weighted by Gasteiger charge is -2.34. The standard InChI is InChI=1S/C20H19F3N2S/c21-20(22,23)16-4-1-3-15(12-16)11-14-7-9-25(10-8-14)17-5-2-6-18-19(17)24-13-26-18/h1-6,12-14H,7-11H2. The predicted molar refractivity (Wildman–Crippen MR) is 99.7 cm³/mol. The van der Waals surface area contributed by atoms with Gasteiger partial charge in [0.05, 0.1) is 21.5 Å². The molecule has 2 heterocycles. The Morgan fingerprint density at radius 3 is 2.62 bits per heavy atom. The molecule has 6 heteroatoms. The molecule has 1 fully saturated rings. The Labute approximate surface area is 154 Å². The van der Waals surface area contributed by atoms with E-state index in [1.165, 1.54) is 22.5 Å². The van der Waals surface area contributed by atoms with Crippen molar-refractivity contribution >= 4 is 27.2 Å². The van der Waals surface area contributed by atoms with Crippen LogP contribution in [0.4, 0.5) is 18.9 Å². The second-order valence-corrected chi connectivity index (χ2v) is 7.70. The minimum atomic E-state index is -4.27. The Hall–Kier alpha value is -2.08. The van der Waals surface area contributed by atoms with Crippen molar-refractivity contribution < 1.29 is 13.2 Å². The molecule has 26 heavy (non-hydrogen) atoms. The number of hydrogen-bond acceptors (Lipinski definition) is 3.